The number of rotatable bonds is 4. The Balaban J connectivity index is 0.952. The van der Waals surface area contributed by atoms with Gasteiger partial charge in [0.25, 0.3) is 13.4 Å². The van der Waals surface area contributed by atoms with E-state index in [0.29, 0.717) is 0 Å². The van der Waals surface area contributed by atoms with E-state index in [9.17, 15) is 0 Å². The van der Waals surface area contributed by atoms with E-state index >= 15 is 0 Å². The van der Waals surface area contributed by atoms with Crippen molar-refractivity contribution in [2.24, 2.45) is 0 Å². The largest absolute Gasteiger partial charge is 0.310 e. The lowest BCUT2D eigenvalue weighted by atomic mass is 9.18. The quantitative estimate of drug-likeness (QED) is 0.157. The van der Waals surface area contributed by atoms with Crippen LogP contribution in [0.5, 0.6) is 0 Å². The van der Waals surface area contributed by atoms with Gasteiger partial charge in [0.2, 0.25) is 0 Å². The predicted molar refractivity (Wildman–Crippen MR) is 347 cm³/mol. The SMILES string of the molecule is Cc1ccc(-c2ccc3c(c2)c2cc4c5cc(-c6ccc(C)cc6)ccc5n5c4c4c2n3-c2ccc3c6c2B4c2c-5ccc4c2B6c2c5c(cc6c7cc(-c8ccc(C)cc8)ccc7n-4c26)c2cc(-c4ccc(C)cc4)ccc2n5-3)cc1. The van der Waals surface area contributed by atoms with Crippen LogP contribution in [-0.4, -0.2) is 31.7 Å². The standard InChI is InChI=1S/C76H46B2N4/c1-39-5-13-43(14-6-39)47-21-25-59-51(33-47)55-37-56-52-34-48(44-15-7-40(2)8-16-44)22-26-60(52)80-65-31-32-66-70-69(65)77-67-63(79(59)73(55)71(77)74(56)80)29-30-64-68(67)78(70)72-75-57(53-35-49(23-27-61(53)81(64)75)45-17-9-41(3)10-18-45)38-58-54-36-50(46-19-11-42(4)12-20-46)24-28-62(54)82(66)76(58)72/h5-38H,1-4H3. The van der Waals surface area contributed by atoms with Crippen LogP contribution in [0.3, 0.4) is 0 Å². The van der Waals surface area contributed by atoms with Crippen molar-refractivity contribution in [2.75, 3.05) is 0 Å². The maximum absolute atomic E-state index is 2.70. The molecule has 0 saturated heterocycles. The Bertz CT molecular complexity index is 5060. The highest BCUT2D eigenvalue weighted by Gasteiger charge is 2.54. The summed E-state index contributed by atoms with van der Waals surface area (Å²) in [6.07, 6.45) is 0. The van der Waals surface area contributed by atoms with E-state index in [2.05, 4.69) is 252 Å². The van der Waals surface area contributed by atoms with Crippen molar-refractivity contribution in [1.29, 1.82) is 0 Å². The molecule has 6 heteroatoms. The van der Waals surface area contributed by atoms with Gasteiger partial charge in [-0.1, -0.05) is 144 Å². The Hall–Kier alpha value is -10.0. The third-order valence-electron chi connectivity index (χ3n) is 20.3. The van der Waals surface area contributed by atoms with Gasteiger partial charge in [-0.3, -0.25) is 0 Å². The molecule has 0 bridgehead atoms. The van der Waals surface area contributed by atoms with Crippen LogP contribution in [0, 0.1) is 27.7 Å². The average molecular weight is 1040 g/mol. The highest BCUT2D eigenvalue weighted by molar-refractivity contribution is 7.15. The number of hydrogen-bond acceptors (Lipinski definition) is 0. The summed E-state index contributed by atoms with van der Waals surface area (Å²) in [5.41, 5.74) is 39.4. The summed E-state index contributed by atoms with van der Waals surface area (Å²) in [5.74, 6) is 0. The monoisotopic (exact) mass is 1040 g/mol. The van der Waals surface area contributed by atoms with Crippen LogP contribution < -0.4 is 32.8 Å². The average Bonchev–Trinajstić information content (AvgIpc) is 1.52. The highest BCUT2D eigenvalue weighted by atomic mass is 15.1. The molecule has 0 amide bonds. The minimum Gasteiger partial charge on any atom is -0.310 e. The molecule has 12 aromatic carbocycles. The number of aryl methyl sites for hydroxylation is 4. The fourth-order valence-corrected chi connectivity index (χ4v) is 16.8. The topological polar surface area (TPSA) is 19.7 Å². The number of hydrogen-bond donors (Lipinski definition) is 0. The molecule has 0 saturated carbocycles. The summed E-state index contributed by atoms with van der Waals surface area (Å²) in [7, 11) is 0. The zero-order chi connectivity index (χ0) is 53.4. The van der Waals surface area contributed by atoms with E-state index in [4.69, 9.17) is 0 Å². The Kier molecular flexibility index (Phi) is 7.46. The smallest absolute Gasteiger partial charge is 0.251 e. The molecule has 5 aliphatic heterocycles. The van der Waals surface area contributed by atoms with Gasteiger partial charge in [-0.2, -0.15) is 0 Å². The first-order valence-electron chi connectivity index (χ1n) is 29.1. The molecule has 21 rings (SSSR count). The van der Waals surface area contributed by atoms with E-state index < -0.39 is 0 Å². The van der Waals surface area contributed by atoms with Crippen molar-refractivity contribution in [1.82, 2.24) is 18.3 Å². The summed E-state index contributed by atoms with van der Waals surface area (Å²) in [6, 6.07) is 80.6. The molecule has 0 N–H and O–H groups in total. The molecule has 82 heavy (non-hydrogen) atoms. The van der Waals surface area contributed by atoms with Crippen LogP contribution in [0.25, 0.3) is 154 Å². The Morgan fingerprint density at radius 3 is 0.659 bits per heavy atom. The van der Waals surface area contributed by atoms with E-state index in [1.54, 1.807) is 0 Å². The minimum absolute atomic E-state index is 0.00170. The summed E-state index contributed by atoms with van der Waals surface area (Å²) < 4.78 is 10.8. The molecule has 4 nitrogen and oxygen atoms in total. The minimum atomic E-state index is 0.00170. The van der Waals surface area contributed by atoms with Gasteiger partial charge in [0.15, 0.2) is 0 Å². The van der Waals surface area contributed by atoms with Gasteiger partial charge >= 0.3 is 0 Å². The number of aromatic nitrogens is 4. The normalized spacial score (nSPS) is 13.6. The summed E-state index contributed by atoms with van der Waals surface area (Å²) in [5, 5.41) is 10.5. The zero-order valence-electron chi connectivity index (χ0n) is 45.6. The Labute approximate surface area is 472 Å². The van der Waals surface area contributed by atoms with Gasteiger partial charge in [0.05, 0.1) is 44.1 Å². The van der Waals surface area contributed by atoms with Gasteiger partial charge < -0.3 is 18.3 Å². The fraction of sp³-hybridized carbons (Fsp3) is 0.0526. The van der Waals surface area contributed by atoms with E-state index in [1.165, 1.54) is 210 Å². The van der Waals surface area contributed by atoms with Gasteiger partial charge in [-0.15, -0.1) is 0 Å². The second-order valence-electron chi connectivity index (χ2n) is 24.6. The molecule has 0 fully saturated rings. The maximum atomic E-state index is 2.70. The molecular formula is C76H46B2N4. The molecule has 4 aromatic heterocycles. The Morgan fingerprint density at radius 1 is 0.207 bits per heavy atom. The third-order valence-corrected chi connectivity index (χ3v) is 20.3. The Morgan fingerprint density at radius 2 is 0.427 bits per heavy atom. The molecule has 9 heterocycles. The molecule has 0 aliphatic carbocycles. The van der Waals surface area contributed by atoms with Gasteiger partial charge in [0, 0.05) is 65.8 Å². The van der Waals surface area contributed by atoms with Crippen molar-refractivity contribution in [3.63, 3.8) is 0 Å². The van der Waals surface area contributed by atoms with Crippen molar-refractivity contribution in [3.8, 4) is 67.3 Å². The lowest BCUT2D eigenvalue weighted by Crippen LogP contribution is -2.80. The van der Waals surface area contributed by atoms with Crippen LogP contribution in [0.4, 0.5) is 0 Å². The van der Waals surface area contributed by atoms with Crippen LogP contribution in [-0.2, 0) is 0 Å². The number of fused-ring (bicyclic) bond motifs is 16. The second-order valence-corrected chi connectivity index (χ2v) is 24.6. The molecule has 0 radical (unpaired) electrons. The summed E-state index contributed by atoms with van der Waals surface area (Å²) in [6.45, 7) is 8.72. The van der Waals surface area contributed by atoms with Gasteiger partial charge in [0.1, 0.15) is 0 Å². The van der Waals surface area contributed by atoms with Crippen LogP contribution in [0.1, 0.15) is 22.3 Å². The lowest BCUT2D eigenvalue weighted by molar-refractivity contribution is 1.13. The van der Waals surface area contributed by atoms with Crippen molar-refractivity contribution < 1.29 is 0 Å². The molecule has 5 aliphatic rings. The van der Waals surface area contributed by atoms with Crippen molar-refractivity contribution >= 4 is 133 Å². The molecule has 0 atom stereocenters. The zero-order valence-corrected chi connectivity index (χ0v) is 45.6. The van der Waals surface area contributed by atoms with E-state index in [1.807, 2.05) is 0 Å². The number of nitrogens with zero attached hydrogens (tertiary/aromatic N) is 4. The first-order chi connectivity index (χ1) is 40.3. The first-order valence-corrected chi connectivity index (χ1v) is 29.1. The first kappa shape index (κ1) is 42.9. The van der Waals surface area contributed by atoms with Crippen molar-refractivity contribution in [3.05, 3.63) is 229 Å². The van der Waals surface area contributed by atoms with Gasteiger partial charge in [-0.25, -0.2) is 0 Å². The fourth-order valence-electron chi connectivity index (χ4n) is 16.8. The van der Waals surface area contributed by atoms with Crippen LogP contribution in [0.15, 0.2) is 206 Å². The van der Waals surface area contributed by atoms with E-state index in [-0.39, 0.29) is 13.4 Å². The summed E-state index contributed by atoms with van der Waals surface area (Å²) >= 11 is 0. The predicted octanol–water partition coefficient (Wildman–Crippen LogP) is 14.6. The molecule has 16 aromatic rings. The maximum Gasteiger partial charge on any atom is 0.251 e. The molecule has 0 spiro atoms. The lowest BCUT2D eigenvalue weighted by Gasteiger charge is -2.45. The summed E-state index contributed by atoms with van der Waals surface area (Å²) in [4.78, 5) is 0. The number of benzene rings is 12. The van der Waals surface area contributed by atoms with Crippen LogP contribution in [0.2, 0.25) is 0 Å². The van der Waals surface area contributed by atoms with Crippen molar-refractivity contribution in [2.45, 2.75) is 27.7 Å². The highest BCUT2D eigenvalue weighted by Crippen LogP contribution is 2.48. The second kappa shape index (κ2) is 14.3. The van der Waals surface area contributed by atoms with E-state index in [0.717, 1.165) is 0 Å². The molecule has 376 valence electrons. The van der Waals surface area contributed by atoms with Crippen LogP contribution >= 0.6 is 0 Å². The molecular weight excluding hydrogens is 990 g/mol. The third kappa shape index (κ3) is 4.92. The molecule has 0 unspecified atom stereocenters. The van der Waals surface area contributed by atoms with Gasteiger partial charge in [-0.05, 0) is 190 Å².